The minimum absolute atomic E-state index is 0.278. The second kappa shape index (κ2) is 5.46. The first-order valence-electron chi connectivity index (χ1n) is 5.86. The number of piperidine rings is 1. The molecule has 6 heteroatoms. The number of primary amides is 1. The molecule has 1 fully saturated rings. The summed E-state index contributed by atoms with van der Waals surface area (Å²) in [5.41, 5.74) is 5.25. The number of amides is 2. The molecule has 2 heterocycles. The molecule has 17 heavy (non-hydrogen) atoms. The van der Waals surface area contributed by atoms with Gasteiger partial charge in [0.05, 0.1) is 6.04 Å². The molecule has 1 aromatic heterocycles. The number of thiazole rings is 1. The third-order valence-corrected chi connectivity index (χ3v) is 4.07. The molecule has 1 atom stereocenters. The van der Waals surface area contributed by atoms with Gasteiger partial charge in [-0.3, -0.25) is 0 Å². The fourth-order valence-corrected chi connectivity index (χ4v) is 2.79. The van der Waals surface area contributed by atoms with Crippen LogP contribution in [0.15, 0.2) is 11.6 Å². The Morgan fingerprint density at radius 2 is 2.35 bits per heavy atom. The van der Waals surface area contributed by atoms with Crippen molar-refractivity contribution < 1.29 is 4.79 Å². The molecule has 1 saturated heterocycles. The van der Waals surface area contributed by atoms with Crippen LogP contribution in [0.1, 0.15) is 30.8 Å². The molecule has 1 aliphatic rings. The molecule has 0 aliphatic carbocycles. The normalized spacial score (nSPS) is 19.2. The monoisotopic (exact) mass is 254 g/mol. The topological polar surface area (TPSA) is 71.2 Å². The van der Waals surface area contributed by atoms with Crippen molar-refractivity contribution in [3.8, 4) is 0 Å². The van der Waals surface area contributed by atoms with Gasteiger partial charge in [-0.15, -0.1) is 11.3 Å². The van der Waals surface area contributed by atoms with Crippen LogP contribution in [0.2, 0.25) is 0 Å². The van der Waals surface area contributed by atoms with Gasteiger partial charge in [-0.05, 0) is 19.8 Å². The highest BCUT2D eigenvalue weighted by molar-refractivity contribution is 7.09. The summed E-state index contributed by atoms with van der Waals surface area (Å²) in [6.45, 7) is 3.62. The van der Waals surface area contributed by atoms with Gasteiger partial charge in [-0.25, -0.2) is 9.78 Å². The molecule has 1 aliphatic heterocycles. The van der Waals surface area contributed by atoms with Gasteiger partial charge in [0.2, 0.25) is 0 Å². The van der Waals surface area contributed by atoms with Crippen LogP contribution in [0.3, 0.4) is 0 Å². The van der Waals surface area contributed by atoms with Crippen LogP contribution >= 0.6 is 11.3 Å². The maximum atomic E-state index is 11.0. The molecule has 1 aromatic rings. The lowest BCUT2D eigenvalue weighted by molar-refractivity contribution is 0.183. The Labute approximate surface area is 105 Å². The van der Waals surface area contributed by atoms with Crippen LogP contribution in [0.25, 0.3) is 0 Å². The van der Waals surface area contributed by atoms with Crippen molar-refractivity contribution in [1.82, 2.24) is 15.2 Å². The van der Waals surface area contributed by atoms with Gasteiger partial charge in [0, 0.05) is 30.7 Å². The second-order valence-electron chi connectivity index (χ2n) is 4.36. The summed E-state index contributed by atoms with van der Waals surface area (Å²) in [4.78, 5) is 17.0. The van der Waals surface area contributed by atoms with Gasteiger partial charge in [0.1, 0.15) is 5.01 Å². The minimum Gasteiger partial charge on any atom is -0.351 e. The van der Waals surface area contributed by atoms with Crippen LogP contribution in [-0.2, 0) is 0 Å². The van der Waals surface area contributed by atoms with Gasteiger partial charge in [0.25, 0.3) is 0 Å². The first kappa shape index (κ1) is 12.3. The van der Waals surface area contributed by atoms with E-state index < -0.39 is 0 Å². The molecule has 0 bridgehead atoms. The number of urea groups is 1. The third-order valence-electron chi connectivity index (χ3n) is 3.11. The number of rotatable bonds is 3. The first-order chi connectivity index (χ1) is 8.16. The summed E-state index contributed by atoms with van der Waals surface area (Å²) in [7, 11) is 0. The zero-order valence-electron chi connectivity index (χ0n) is 9.93. The summed E-state index contributed by atoms with van der Waals surface area (Å²) in [6.07, 6.45) is 3.74. The van der Waals surface area contributed by atoms with Crippen molar-refractivity contribution in [2.75, 3.05) is 13.1 Å². The molecular weight excluding hydrogens is 236 g/mol. The van der Waals surface area contributed by atoms with E-state index in [1.54, 1.807) is 16.2 Å². The number of carbonyl (C=O) groups excluding carboxylic acids is 1. The van der Waals surface area contributed by atoms with Crippen molar-refractivity contribution in [3.05, 3.63) is 16.6 Å². The maximum Gasteiger partial charge on any atom is 0.314 e. The largest absolute Gasteiger partial charge is 0.351 e. The van der Waals surface area contributed by atoms with Crippen molar-refractivity contribution in [3.63, 3.8) is 0 Å². The predicted molar refractivity (Wildman–Crippen MR) is 67.8 cm³/mol. The summed E-state index contributed by atoms with van der Waals surface area (Å²) in [6, 6.07) is 0.418. The van der Waals surface area contributed by atoms with Crippen LogP contribution < -0.4 is 11.1 Å². The van der Waals surface area contributed by atoms with Gasteiger partial charge >= 0.3 is 6.03 Å². The van der Waals surface area contributed by atoms with Gasteiger partial charge in [-0.1, -0.05) is 0 Å². The number of hydrogen-bond donors (Lipinski definition) is 2. The number of aromatic nitrogens is 1. The average molecular weight is 254 g/mol. The van der Waals surface area contributed by atoms with E-state index in [2.05, 4.69) is 17.2 Å². The predicted octanol–water partition coefficient (Wildman–Crippen LogP) is 1.34. The van der Waals surface area contributed by atoms with Gasteiger partial charge in [0.15, 0.2) is 0 Å². The zero-order valence-corrected chi connectivity index (χ0v) is 10.7. The quantitative estimate of drug-likeness (QED) is 0.855. The number of carbonyl (C=O) groups is 1. The molecule has 0 spiro atoms. The summed E-state index contributed by atoms with van der Waals surface area (Å²) >= 11 is 1.67. The lowest BCUT2D eigenvalue weighted by atomic mass is 10.0. The minimum atomic E-state index is -0.309. The lowest BCUT2D eigenvalue weighted by Gasteiger charge is -2.32. The van der Waals surface area contributed by atoms with Crippen molar-refractivity contribution >= 4 is 17.4 Å². The second-order valence-corrected chi connectivity index (χ2v) is 5.28. The highest BCUT2D eigenvalue weighted by Gasteiger charge is 2.22. The lowest BCUT2D eigenvalue weighted by Crippen LogP contribution is -2.47. The number of nitrogens with two attached hydrogens (primary N) is 1. The number of nitrogens with one attached hydrogen (secondary N) is 1. The standard InChI is InChI=1S/C11H18N4OS/c1-8(10-13-4-7-17-10)14-9-2-5-15(6-3-9)11(12)16/h4,7-9,14H,2-3,5-6H2,1H3,(H2,12,16). The highest BCUT2D eigenvalue weighted by Crippen LogP contribution is 2.18. The van der Waals surface area contributed by atoms with E-state index in [1.807, 2.05) is 11.6 Å². The Kier molecular flexibility index (Phi) is 3.96. The van der Waals surface area contributed by atoms with Crippen molar-refractivity contribution in [2.45, 2.75) is 31.8 Å². The van der Waals surface area contributed by atoms with E-state index in [9.17, 15) is 4.79 Å². The summed E-state index contributed by atoms with van der Waals surface area (Å²) in [5, 5.41) is 6.65. The highest BCUT2D eigenvalue weighted by atomic mass is 32.1. The molecule has 0 radical (unpaired) electrons. The molecule has 5 nitrogen and oxygen atoms in total. The fourth-order valence-electron chi connectivity index (χ4n) is 2.14. The summed E-state index contributed by atoms with van der Waals surface area (Å²) < 4.78 is 0. The van der Waals surface area contributed by atoms with Crippen molar-refractivity contribution in [2.24, 2.45) is 5.73 Å². The van der Waals surface area contributed by atoms with E-state index in [0.29, 0.717) is 6.04 Å². The Morgan fingerprint density at radius 3 is 2.88 bits per heavy atom. The van der Waals surface area contributed by atoms with Gasteiger partial charge in [-0.2, -0.15) is 0 Å². The van der Waals surface area contributed by atoms with Gasteiger partial charge < -0.3 is 16.0 Å². The molecule has 2 amide bonds. The van der Waals surface area contributed by atoms with E-state index in [0.717, 1.165) is 30.9 Å². The van der Waals surface area contributed by atoms with Crippen LogP contribution in [0, 0.1) is 0 Å². The van der Waals surface area contributed by atoms with Crippen LogP contribution in [0.5, 0.6) is 0 Å². The van der Waals surface area contributed by atoms with E-state index in [4.69, 9.17) is 5.73 Å². The molecule has 2 rings (SSSR count). The number of nitrogens with zero attached hydrogens (tertiary/aromatic N) is 2. The Hall–Kier alpha value is -1.14. The van der Waals surface area contributed by atoms with Crippen molar-refractivity contribution in [1.29, 1.82) is 0 Å². The first-order valence-corrected chi connectivity index (χ1v) is 6.74. The fraction of sp³-hybridized carbons (Fsp3) is 0.636. The van der Waals surface area contributed by atoms with E-state index in [1.165, 1.54) is 0 Å². The van der Waals surface area contributed by atoms with Crippen LogP contribution in [-0.4, -0.2) is 35.0 Å². The summed E-state index contributed by atoms with van der Waals surface area (Å²) in [5.74, 6) is 0. The Balaban J connectivity index is 1.80. The van der Waals surface area contributed by atoms with Crippen LogP contribution in [0.4, 0.5) is 4.79 Å². The number of hydrogen-bond acceptors (Lipinski definition) is 4. The van der Waals surface area contributed by atoms with E-state index >= 15 is 0 Å². The zero-order chi connectivity index (χ0) is 12.3. The molecule has 0 saturated carbocycles. The van der Waals surface area contributed by atoms with E-state index in [-0.39, 0.29) is 12.1 Å². The Morgan fingerprint density at radius 1 is 1.65 bits per heavy atom. The smallest absolute Gasteiger partial charge is 0.314 e. The number of likely N-dealkylation sites (tertiary alicyclic amines) is 1. The Bertz CT molecular complexity index is 360. The molecule has 94 valence electrons. The molecule has 1 unspecified atom stereocenters. The maximum absolute atomic E-state index is 11.0. The molecular formula is C11H18N4OS. The average Bonchev–Trinajstić information content (AvgIpc) is 2.83. The molecule has 3 N–H and O–H groups in total. The SMILES string of the molecule is CC(NC1CCN(C(N)=O)CC1)c1nccs1. The third kappa shape index (κ3) is 3.17. The molecule has 0 aromatic carbocycles.